The number of benzene rings is 2. The fourth-order valence-electron chi connectivity index (χ4n) is 2.68. The summed E-state index contributed by atoms with van der Waals surface area (Å²) in [5.41, 5.74) is 2.46. The molecule has 0 saturated heterocycles. The van der Waals surface area contributed by atoms with Gasteiger partial charge in [-0.1, -0.05) is 50.2 Å². The lowest BCUT2D eigenvalue weighted by Gasteiger charge is -2.13. The van der Waals surface area contributed by atoms with Crippen molar-refractivity contribution in [1.82, 2.24) is 5.32 Å². The summed E-state index contributed by atoms with van der Waals surface area (Å²) in [6.07, 6.45) is 2.91. The number of amides is 1. The summed E-state index contributed by atoms with van der Waals surface area (Å²) in [6, 6.07) is 18.6. The maximum absolute atomic E-state index is 12.1. The molecule has 1 aromatic heterocycles. The van der Waals surface area contributed by atoms with E-state index >= 15 is 0 Å². The van der Waals surface area contributed by atoms with Crippen molar-refractivity contribution < 1.29 is 14.3 Å². The summed E-state index contributed by atoms with van der Waals surface area (Å²) in [6.45, 7) is 4.11. The number of thiocarbonyl (C=S) groups is 1. The van der Waals surface area contributed by atoms with Crippen LogP contribution in [0.3, 0.4) is 0 Å². The predicted molar refractivity (Wildman–Crippen MR) is 120 cm³/mol. The highest BCUT2D eigenvalue weighted by atomic mass is 32.1. The van der Waals surface area contributed by atoms with Gasteiger partial charge in [0.2, 0.25) is 5.91 Å². The number of carbonyl (C=O) groups is 1. The standard InChI is InChI=1S/C23H22N2O3S/c1-15(2)17-8-11-20(26)19(14-17)24-23(29)25-22(27)13-10-18-9-12-21(28-18)16-6-4-3-5-7-16/h3-15,26H,1-2H3,(H2,24,25,27,29)/b13-10+. The number of phenolic OH excluding ortho intramolecular Hbond substituents is 1. The maximum atomic E-state index is 12.1. The van der Waals surface area contributed by atoms with Crippen LogP contribution in [0.4, 0.5) is 5.69 Å². The van der Waals surface area contributed by atoms with Crippen molar-refractivity contribution in [2.24, 2.45) is 0 Å². The number of phenols is 1. The van der Waals surface area contributed by atoms with E-state index in [1.54, 1.807) is 18.2 Å². The lowest BCUT2D eigenvalue weighted by atomic mass is 10.0. The van der Waals surface area contributed by atoms with Gasteiger partial charge in [-0.3, -0.25) is 10.1 Å². The fourth-order valence-corrected chi connectivity index (χ4v) is 2.89. The van der Waals surface area contributed by atoms with E-state index in [1.807, 2.05) is 48.5 Å². The molecule has 0 fully saturated rings. The summed E-state index contributed by atoms with van der Waals surface area (Å²) in [7, 11) is 0. The highest BCUT2D eigenvalue weighted by molar-refractivity contribution is 7.80. The molecule has 0 atom stereocenters. The molecule has 0 unspecified atom stereocenters. The number of anilines is 1. The summed E-state index contributed by atoms with van der Waals surface area (Å²) < 4.78 is 5.72. The van der Waals surface area contributed by atoms with Crippen LogP contribution in [0.5, 0.6) is 5.75 Å². The van der Waals surface area contributed by atoms with Crippen LogP contribution in [0.15, 0.2) is 71.2 Å². The van der Waals surface area contributed by atoms with Crippen LogP contribution in [0.2, 0.25) is 0 Å². The maximum Gasteiger partial charge on any atom is 0.250 e. The highest BCUT2D eigenvalue weighted by Gasteiger charge is 2.09. The van der Waals surface area contributed by atoms with E-state index in [4.69, 9.17) is 16.6 Å². The summed E-state index contributed by atoms with van der Waals surface area (Å²) in [5.74, 6) is 1.24. The first-order chi connectivity index (χ1) is 13.9. The molecule has 148 valence electrons. The molecule has 0 aliphatic carbocycles. The van der Waals surface area contributed by atoms with Crippen molar-refractivity contribution in [3.63, 3.8) is 0 Å². The van der Waals surface area contributed by atoms with E-state index in [2.05, 4.69) is 24.5 Å². The van der Waals surface area contributed by atoms with Crippen molar-refractivity contribution >= 4 is 35.0 Å². The second kappa shape index (κ2) is 9.21. The van der Waals surface area contributed by atoms with Gasteiger partial charge in [-0.05, 0) is 54.0 Å². The summed E-state index contributed by atoms with van der Waals surface area (Å²) in [5, 5.41) is 15.5. The quantitative estimate of drug-likeness (QED) is 0.304. The minimum atomic E-state index is -0.403. The molecule has 3 N–H and O–H groups in total. The molecule has 0 aliphatic rings. The van der Waals surface area contributed by atoms with Gasteiger partial charge in [-0.2, -0.15) is 0 Å². The highest BCUT2D eigenvalue weighted by Crippen LogP contribution is 2.27. The first kappa shape index (κ1) is 20.4. The van der Waals surface area contributed by atoms with Crippen molar-refractivity contribution in [2.45, 2.75) is 19.8 Å². The van der Waals surface area contributed by atoms with Crippen molar-refractivity contribution in [1.29, 1.82) is 0 Å². The molecular weight excluding hydrogens is 384 g/mol. The first-order valence-electron chi connectivity index (χ1n) is 9.20. The Morgan fingerprint density at radius 2 is 1.86 bits per heavy atom. The van der Waals surface area contributed by atoms with E-state index in [0.29, 0.717) is 17.4 Å². The zero-order chi connectivity index (χ0) is 20.8. The summed E-state index contributed by atoms with van der Waals surface area (Å²) >= 11 is 5.17. The number of aromatic hydroxyl groups is 1. The largest absolute Gasteiger partial charge is 0.506 e. The number of nitrogens with one attached hydrogen (secondary N) is 2. The Morgan fingerprint density at radius 3 is 2.59 bits per heavy atom. The molecule has 5 nitrogen and oxygen atoms in total. The van der Waals surface area contributed by atoms with E-state index in [-0.39, 0.29) is 10.9 Å². The third-order valence-corrected chi connectivity index (χ3v) is 4.46. The molecule has 3 rings (SSSR count). The van der Waals surface area contributed by atoms with Gasteiger partial charge in [0.05, 0.1) is 5.69 Å². The van der Waals surface area contributed by atoms with Gasteiger partial charge < -0.3 is 14.8 Å². The van der Waals surface area contributed by atoms with Gasteiger partial charge in [-0.15, -0.1) is 0 Å². The van der Waals surface area contributed by atoms with Crippen LogP contribution in [0.1, 0.15) is 31.1 Å². The number of furan rings is 1. The monoisotopic (exact) mass is 406 g/mol. The normalized spacial score (nSPS) is 11.0. The fraction of sp³-hybridized carbons (Fsp3) is 0.130. The third-order valence-electron chi connectivity index (χ3n) is 4.26. The average Bonchev–Trinajstić information content (AvgIpc) is 3.17. The Balaban J connectivity index is 1.59. The van der Waals surface area contributed by atoms with E-state index < -0.39 is 5.91 Å². The molecule has 0 radical (unpaired) electrons. The number of rotatable bonds is 5. The Kier molecular flexibility index (Phi) is 6.46. The number of hydrogen-bond donors (Lipinski definition) is 3. The Bertz CT molecular complexity index is 1040. The van der Waals surface area contributed by atoms with Crippen LogP contribution < -0.4 is 10.6 Å². The van der Waals surface area contributed by atoms with Gasteiger partial charge in [0, 0.05) is 11.6 Å². The second-order valence-electron chi connectivity index (χ2n) is 6.78. The minimum absolute atomic E-state index is 0.0607. The number of hydrogen-bond acceptors (Lipinski definition) is 4. The van der Waals surface area contributed by atoms with E-state index in [0.717, 1.165) is 16.9 Å². The molecule has 0 aliphatic heterocycles. The predicted octanol–water partition coefficient (Wildman–Crippen LogP) is 5.30. The molecule has 1 amide bonds. The smallest absolute Gasteiger partial charge is 0.250 e. The molecule has 2 aromatic carbocycles. The summed E-state index contributed by atoms with van der Waals surface area (Å²) in [4.78, 5) is 12.1. The van der Waals surface area contributed by atoms with E-state index in [1.165, 1.54) is 6.08 Å². The van der Waals surface area contributed by atoms with Crippen LogP contribution in [-0.4, -0.2) is 16.1 Å². The van der Waals surface area contributed by atoms with E-state index in [9.17, 15) is 9.90 Å². The molecular formula is C23H22N2O3S. The number of carbonyl (C=O) groups excluding carboxylic acids is 1. The minimum Gasteiger partial charge on any atom is -0.506 e. The first-order valence-corrected chi connectivity index (χ1v) is 9.61. The van der Waals surface area contributed by atoms with Gasteiger partial charge in [0.25, 0.3) is 0 Å². The van der Waals surface area contributed by atoms with Crippen molar-refractivity contribution in [2.75, 3.05) is 5.32 Å². The van der Waals surface area contributed by atoms with Crippen LogP contribution in [0, 0.1) is 0 Å². The zero-order valence-electron chi connectivity index (χ0n) is 16.2. The average molecular weight is 407 g/mol. The zero-order valence-corrected chi connectivity index (χ0v) is 17.0. The molecule has 0 saturated carbocycles. The molecule has 6 heteroatoms. The molecule has 0 spiro atoms. The Hall–Kier alpha value is -3.38. The van der Waals surface area contributed by atoms with Gasteiger partial charge in [0.15, 0.2) is 5.11 Å². The SMILES string of the molecule is CC(C)c1ccc(O)c(NC(=S)NC(=O)/C=C/c2ccc(-c3ccccc3)o2)c1. The van der Waals surface area contributed by atoms with Gasteiger partial charge >= 0.3 is 0 Å². The Morgan fingerprint density at radius 1 is 1.10 bits per heavy atom. The molecule has 0 bridgehead atoms. The van der Waals surface area contributed by atoms with Crippen LogP contribution in [0.25, 0.3) is 17.4 Å². The van der Waals surface area contributed by atoms with Crippen LogP contribution in [-0.2, 0) is 4.79 Å². The van der Waals surface area contributed by atoms with Crippen LogP contribution >= 0.6 is 12.2 Å². The Labute approximate surface area is 175 Å². The van der Waals surface area contributed by atoms with Gasteiger partial charge in [-0.25, -0.2) is 0 Å². The lowest BCUT2D eigenvalue weighted by molar-refractivity contribution is -0.115. The lowest BCUT2D eigenvalue weighted by Crippen LogP contribution is -2.32. The molecule has 3 aromatic rings. The third kappa shape index (κ3) is 5.56. The molecule has 1 heterocycles. The second-order valence-corrected chi connectivity index (χ2v) is 7.18. The van der Waals surface area contributed by atoms with Crippen molar-refractivity contribution in [3.05, 3.63) is 78.1 Å². The molecule has 29 heavy (non-hydrogen) atoms. The topological polar surface area (TPSA) is 74.5 Å². The van der Waals surface area contributed by atoms with Crippen molar-refractivity contribution in [3.8, 4) is 17.1 Å². The van der Waals surface area contributed by atoms with Gasteiger partial charge in [0.1, 0.15) is 17.3 Å².